The number of carbonyl (C=O) groups is 6. The van der Waals surface area contributed by atoms with E-state index in [0.717, 1.165) is 72.8 Å². The number of rotatable bonds is 39. The number of allylic oxidation sites excluding steroid dienone is 6. The van der Waals surface area contributed by atoms with Crippen LogP contribution in [0.25, 0.3) is 33.3 Å². The minimum atomic E-state index is -2.46. The van der Waals surface area contributed by atoms with E-state index in [0.29, 0.717) is 191 Å². The summed E-state index contributed by atoms with van der Waals surface area (Å²) in [5.41, 5.74) is 18.1. The van der Waals surface area contributed by atoms with Crippen molar-refractivity contribution in [2.24, 2.45) is 35.5 Å². The molecule has 670 valence electrons. The number of cyclic esters (lactones) is 1. The van der Waals surface area contributed by atoms with Crippen LogP contribution < -0.4 is 16.8 Å². The fourth-order valence-corrected chi connectivity index (χ4v) is 16.4. The molecule has 8 N–H and O–H groups in total. The molecule has 32 nitrogen and oxygen atoms in total. The second-order valence-corrected chi connectivity index (χ2v) is 32.9. The van der Waals surface area contributed by atoms with Gasteiger partial charge in [0.05, 0.1) is 127 Å². The molecule has 15 atom stereocenters. The van der Waals surface area contributed by atoms with Crippen LogP contribution in [0.5, 0.6) is 0 Å². The van der Waals surface area contributed by atoms with E-state index < -0.39 is 77.8 Å². The number of hydrogen-bond acceptors (Lipinski definition) is 27. The molecule has 0 spiro atoms. The van der Waals surface area contributed by atoms with E-state index in [1.165, 1.54) is 18.3 Å². The molecular formula is C89H134N12O20. The van der Waals surface area contributed by atoms with Crippen LogP contribution in [0.1, 0.15) is 163 Å². The number of aryl methyl sites for hydroxylation is 2. The van der Waals surface area contributed by atoms with Crippen molar-refractivity contribution >= 4 is 68.6 Å². The number of aliphatic hydroxyl groups is 2. The molecule has 0 radical (unpaired) electrons. The molecule has 0 unspecified atom stereocenters. The number of aromatic amines is 1. The SMILES string of the molecule is CO[C@H]1C[C@@H]2CC[C@@H](C)[C@@](O)(O2)C(=O)C(=O)N2CCCC[C@H]2C(=O)O[C@H]([C@H](C)C[C@@H]2CC[C@@H](OCCCCc3cn(CCOCCOCCOCCOCCOCCOCCC(=O)NCCCCn4nc(-c5cc6cc(N)ccc6[nH]5)c5c(N)ncnc54)nn3)[C@H](OC)C2)CC(=O)[C@H](C)/C=C(\C)[C@@H](O)[C@@H](OC)C(=O)[C@H](C)C[C@H](C)/C=C/C=C/C=C/1C. The van der Waals surface area contributed by atoms with Crippen LogP contribution in [0.3, 0.4) is 0 Å². The van der Waals surface area contributed by atoms with Gasteiger partial charge in [-0.3, -0.25) is 24.0 Å². The lowest BCUT2D eigenvalue weighted by molar-refractivity contribution is -0.265. The van der Waals surface area contributed by atoms with Crippen LogP contribution >= 0.6 is 0 Å². The highest BCUT2D eigenvalue weighted by atomic mass is 16.6. The Hall–Kier alpha value is -8.09. The Morgan fingerprint density at radius 2 is 1.47 bits per heavy atom. The number of hydrogen-bond donors (Lipinski definition) is 6. The van der Waals surface area contributed by atoms with Crippen LogP contribution in [-0.2, 0) is 105 Å². The fourth-order valence-electron chi connectivity index (χ4n) is 16.4. The number of piperidine rings is 1. The van der Waals surface area contributed by atoms with Gasteiger partial charge in [0.2, 0.25) is 11.7 Å². The molecular weight excluding hydrogens is 1560 g/mol. The predicted octanol–water partition coefficient (Wildman–Crippen LogP) is 9.36. The lowest BCUT2D eigenvalue weighted by Crippen LogP contribution is -2.61. The number of ether oxygens (including phenoxy) is 12. The smallest absolute Gasteiger partial charge is 0.329 e. The van der Waals surface area contributed by atoms with E-state index in [-0.39, 0.29) is 73.2 Å². The summed E-state index contributed by atoms with van der Waals surface area (Å²) in [4.78, 5) is 98.0. The molecule has 121 heavy (non-hydrogen) atoms. The first-order valence-corrected chi connectivity index (χ1v) is 43.5. The van der Waals surface area contributed by atoms with Crippen LogP contribution in [0.15, 0.2) is 84.4 Å². The Balaban J connectivity index is 0.619. The Labute approximate surface area is 711 Å². The third-order valence-corrected chi connectivity index (χ3v) is 23.6. The van der Waals surface area contributed by atoms with Crippen molar-refractivity contribution in [2.75, 3.05) is 132 Å². The summed E-state index contributed by atoms with van der Waals surface area (Å²) in [6, 6.07) is 6.49. The highest BCUT2D eigenvalue weighted by Crippen LogP contribution is 2.39. The number of aliphatic hydroxyl groups excluding tert-OH is 1. The van der Waals surface area contributed by atoms with Crippen molar-refractivity contribution in [3.8, 4) is 11.4 Å². The zero-order valence-electron chi connectivity index (χ0n) is 72.7. The summed E-state index contributed by atoms with van der Waals surface area (Å²) >= 11 is 0. The average Bonchev–Trinajstić information content (AvgIpc) is 1.68. The van der Waals surface area contributed by atoms with Gasteiger partial charge in [-0.1, -0.05) is 76.3 Å². The van der Waals surface area contributed by atoms with Gasteiger partial charge in [0.15, 0.2) is 11.4 Å². The Kier molecular flexibility index (Phi) is 40.0. The maximum absolute atomic E-state index is 14.8. The average molecular weight is 1690 g/mol. The van der Waals surface area contributed by atoms with Crippen LogP contribution in [0, 0.1) is 35.5 Å². The first-order chi connectivity index (χ1) is 58.4. The number of benzene rings is 1. The van der Waals surface area contributed by atoms with Gasteiger partial charge in [0.25, 0.3) is 11.7 Å². The second kappa shape index (κ2) is 50.0. The number of nitrogens with one attached hydrogen (secondary N) is 2. The number of aromatic nitrogens is 8. The number of nitrogens with two attached hydrogens (primary N) is 2. The Bertz CT molecular complexity index is 4200. The number of nitrogens with zero attached hydrogens (tertiary/aromatic N) is 8. The lowest BCUT2D eigenvalue weighted by Gasteiger charge is -2.42. The number of esters is 1. The summed E-state index contributed by atoms with van der Waals surface area (Å²) in [6.45, 7) is 19.9. The predicted molar refractivity (Wildman–Crippen MR) is 455 cm³/mol. The normalized spacial score (nSPS) is 27.3. The van der Waals surface area contributed by atoms with Crippen molar-refractivity contribution in [3.05, 3.63) is 90.1 Å². The number of carbonyl (C=O) groups excluding carboxylic acids is 6. The Morgan fingerprint density at radius 1 is 0.752 bits per heavy atom. The number of ketones is 3. The molecule has 3 aliphatic heterocycles. The number of H-pyrrole nitrogens is 1. The van der Waals surface area contributed by atoms with Gasteiger partial charge < -0.3 is 93.7 Å². The van der Waals surface area contributed by atoms with Crippen molar-refractivity contribution < 1.29 is 95.8 Å². The topological polar surface area (TPSA) is 411 Å². The quantitative estimate of drug-likeness (QED) is 0.00701. The van der Waals surface area contributed by atoms with E-state index in [4.69, 9.17) is 73.4 Å². The van der Waals surface area contributed by atoms with Gasteiger partial charge in [-0.15, -0.1) is 5.10 Å². The molecule has 1 aromatic carbocycles. The molecule has 2 amide bonds. The van der Waals surface area contributed by atoms with E-state index in [1.54, 1.807) is 45.7 Å². The van der Waals surface area contributed by atoms with Gasteiger partial charge >= 0.3 is 5.97 Å². The van der Waals surface area contributed by atoms with Crippen LogP contribution in [-0.4, -0.2) is 265 Å². The van der Waals surface area contributed by atoms with Crippen molar-refractivity contribution in [3.63, 3.8) is 0 Å². The van der Waals surface area contributed by atoms with Gasteiger partial charge in [-0.2, -0.15) is 5.10 Å². The van der Waals surface area contributed by atoms with Gasteiger partial charge in [-0.05, 0) is 163 Å². The van der Waals surface area contributed by atoms with Crippen LogP contribution in [0.2, 0.25) is 0 Å². The summed E-state index contributed by atoms with van der Waals surface area (Å²) in [7, 11) is 4.65. The summed E-state index contributed by atoms with van der Waals surface area (Å²) in [5.74, 6) is -7.90. The van der Waals surface area contributed by atoms with E-state index in [9.17, 15) is 39.0 Å². The molecule has 7 heterocycles. The van der Waals surface area contributed by atoms with E-state index in [2.05, 4.69) is 30.6 Å². The fraction of sp³-hybridized carbons (Fsp3) is 0.674. The van der Waals surface area contributed by atoms with Crippen molar-refractivity contribution in [2.45, 2.75) is 232 Å². The van der Waals surface area contributed by atoms with Gasteiger partial charge in [0, 0.05) is 107 Å². The largest absolute Gasteiger partial charge is 0.460 e. The molecule has 4 aromatic heterocycles. The molecule has 9 rings (SSSR count). The molecule has 2 saturated heterocycles. The van der Waals surface area contributed by atoms with Gasteiger partial charge in [0.1, 0.15) is 48.0 Å². The molecule has 2 bridgehead atoms. The third-order valence-electron chi connectivity index (χ3n) is 23.6. The first kappa shape index (κ1) is 96.7. The molecule has 5 aromatic rings. The Morgan fingerprint density at radius 3 is 2.18 bits per heavy atom. The lowest BCUT2D eigenvalue weighted by atomic mass is 9.78. The highest BCUT2D eigenvalue weighted by molar-refractivity contribution is 6.39. The third kappa shape index (κ3) is 29.3. The highest BCUT2D eigenvalue weighted by Gasteiger charge is 2.53. The molecule has 3 fully saturated rings. The number of unbranched alkanes of at least 4 members (excludes halogenated alkanes) is 2. The van der Waals surface area contributed by atoms with Crippen molar-refractivity contribution in [1.82, 2.24) is 49.9 Å². The summed E-state index contributed by atoms with van der Waals surface area (Å²) < 4.78 is 74.3. The summed E-state index contributed by atoms with van der Waals surface area (Å²) in [5, 5.41) is 41.9. The maximum atomic E-state index is 14.8. The van der Waals surface area contributed by atoms with E-state index in [1.807, 2.05) is 93.2 Å². The van der Waals surface area contributed by atoms with Gasteiger partial charge in [-0.25, -0.2) is 24.1 Å². The monoisotopic (exact) mass is 1690 g/mol. The zero-order valence-corrected chi connectivity index (χ0v) is 72.7. The van der Waals surface area contributed by atoms with Crippen LogP contribution in [0.4, 0.5) is 11.5 Å². The zero-order chi connectivity index (χ0) is 86.8. The summed E-state index contributed by atoms with van der Waals surface area (Å²) in [6.07, 6.45) is 19.3. The van der Waals surface area contributed by atoms with Crippen molar-refractivity contribution in [1.29, 1.82) is 0 Å². The molecule has 1 aliphatic carbocycles. The number of fused-ring (bicyclic) bond motifs is 5. The standard InChI is InChI=1S/C89H134N12O20/c1-58-20-12-11-13-21-59(2)75(110-8)54-69-27-24-64(7)89(109,121-69)84(106)87(107)100-32-17-14-23-72(100)88(108)120-76(55-73(102)60(3)49-63(6)82(105)83(112-10)81(104)62(5)48-58)61(4)50-65-25-29-74(77(51-65)111-9)119-35-19-15-22-68-56-99(98-96-68)34-37-114-39-41-116-43-45-118-47-46-117-44-42-115-40-38-113-36-30-78(103)92-31-16-18-33-101-86-79(85(91)93-57-94-86)80(97-101)71-53-66-52-67(90)26-28-70(66)95-71/h11-13,20-21,26,28,49,52-53,56-58,60-62,64-65,69,72,74-77,82-83,95,105,109H,14-19,22-25,27,29-48,50-51,54-55,90H2,1-10H3,(H,92,103)(H2,91,93,94)/b13-11+,20-12+,59-21+,63-49+/t58-,60-,61-,62-,64-,65+,69+,72+,74-,75+,76+,77-,82-,83+,89-/m1/s1. The molecule has 4 aliphatic rings. The van der Waals surface area contributed by atoms with E-state index >= 15 is 0 Å². The minimum Gasteiger partial charge on any atom is -0.460 e. The molecule has 1 saturated carbocycles. The number of Topliss-reactive ketones (excluding diaryl/α,β-unsaturated/α-hetero) is 3. The maximum Gasteiger partial charge on any atom is 0.329 e. The first-order valence-electron chi connectivity index (χ1n) is 43.5. The second-order valence-electron chi connectivity index (χ2n) is 32.9. The number of nitrogen functional groups attached to an aromatic ring is 2. The molecule has 32 heteroatoms. The minimum absolute atomic E-state index is 0.00423. The number of amides is 2. The number of methoxy groups -OCH3 is 3. The number of anilines is 2.